The van der Waals surface area contributed by atoms with Gasteiger partial charge in [0.2, 0.25) is 5.91 Å². The number of hydrogen-bond acceptors (Lipinski definition) is 2. The Morgan fingerprint density at radius 1 is 1.31 bits per heavy atom. The van der Waals surface area contributed by atoms with E-state index in [1.54, 1.807) is 0 Å². The van der Waals surface area contributed by atoms with Gasteiger partial charge in [0.25, 0.3) is 0 Å². The predicted octanol–water partition coefficient (Wildman–Crippen LogP) is 2.20. The summed E-state index contributed by atoms with van der Waals surface area (Å²) >= 11 is 0. The zero-order valence-electron chi connectivity index (χ0n) is 10.6. The van der Waals surface area contributed by atoms with Crippen molar-refractivity contribution in [1.82, 2.24) is 5.32 Å². The van der Waals surface area contributed by atoms with Gasteiger partial charge in [0.05, 0.1) is 0 Å². The van der Waals surface area contributed by atoms with E-state index in [1.165, 1.54) is 19.3 Å². The van der Waals surface area contributed by atoms with Gasteiger partial charge in [-0.3, -0.25) is 4.79 Å². The highest BCUT2D eigenvalue weighted by atomic mass is 16.1. The van der Waals surface area contributed by atoms with Gasteiger partial charge in [-0.1, -0.05) is 32.6 Å². The van der Waals surface area contributed by atoms with Crippen molar-refractivity contribution in [1.29, 1.82) is 0 Å². The molecule has 1 aliphatic carbocycles. The Labute approximate surface area is 99.2 Å². The van der Waals surface area contributed by atoms with E-state index in [4.69, 9.17) is 5.73 Å². The summed E-state index contributed by atoms with van der Waals surface area (Å²) < 4.78 is 0. The van der Waals surface area contributed by atoms with Gasteiger partial charge in [0.15, 0.2) is 0 Å². The van der Waals surface area contributed by atoms with E-state index in [9.17, 15) is 4.79 Å². The molecule has 94 valence electrons. The van der Waals surface area contributed by atoms with E-state index in [0.29, 0.717) is 13.0 Å². The number of amides is 1. The summed E-state index contributed by atoms with van der Waals surface area (Å²) in [6.07, 6.45) is 8.87. The van der Waals surface area contributed by atoms with E-state index < -0.39 is 0 Å². The SMILES string of the molecule is CCCCNC(=O)CC1(CN)CCCCC1. The van der Waals surface area contributed by atoms with E-state index in [-0.39, 0.29) is 11.3 Å². The zero-order chi connectivity index (χ0) is 11.9. The predicted molar refractivity (Wildman–Crippen MR) is 67.1 cm³/mol. The third-order valence-electron chi connectivity index (χ3n) is 3.74. The molecule has 0 aromatic heterocycles. The summed E-state index contributed by atoms with van der Waals surface area (Å²) in [4.78, 5) is 11.8. The molecule has 0 bridgehead atoms. The van der Waals surface area contributed by atoms with Crippen LogP contribution in [0.5, 0.6) is 0 Å². The first-order chi connectivity index (χ1) is 7.72. The minimum Gasteiger partial charge on any atom is -0.356 e. The second kappa shape index (κ2) is 6.89. The largest absolute Gasteiger partial charge is 0.356 e. The lowest BCUT2D eigenvalue weighted by molar-refractivity contribution is -0.123. The summed E-state index contributed by atoms with van der Waals surface area (Å²) in [5.74, 6) is 0.195. The van der Waals surface area contributed by atoms with E-state index in [0.717, 1.165) is 32.2 Å². The fourth-order valence-electron chi connectivity index (χ4n) is 2.56. The molecule has 1 rings (SSSR count). The number of hydrogen-bond donors (Lipinski definition) is 2. The molecular formula is C13H26N2O. The van der Waals surface area contributed by atoms with Gasteiger partial charge in [-0.2, -0.15) is 0 Å². The minimum atomic E-state index is 0.106. The summed E-state index contributed by atoms with van der Waals surface area (Å²) in [5.41, 5.74) is 5.97. The quantitative estimate of drug-likeness (QED) is 0.682. The highest BCUT2D eigenvalue weighted by Crippen LogP contribution is 2.38. The van der Waals surface area contributed by atoms with Crippen LogP contribution in [0.25, 0.3) is 0 Å². The van der Waals surface area contributed by atoms with Gasteiger partial charge in [0, 0.05) is 13.0 Å². The minimum absolute atomic E-state index is 0.106. The third-order valence-corrected chi connectivity index (χ3v) is 3.74. The van der Waals surface area contributed by atoms with Crippen molar-refractivity contribution in [3.63, 3.8) is 0 Å². The Morgan fingerprint density at radius 2 is 2.00 bits per heavy atom. The van der Waals surface area contributed by atoms with Gasteiger partial charge in [-0.25, -0.2) is 0 Å². The molecule has 0 heterocycles. The Kier molecular flexibility index (Phi) is 5.81. The monoisotopic (exact) mass is 226 g/mol. The van der Waals surface area contributed by atoms with E-state index in [1.807, 2.05) is 0 Å². The average Bonchev–Trinajstić information content (AvgIpc) is 2.30. The standard InChI is InChI=1S/C13H26N2O/c1-2-3-9-15-12(16)10-13(11-14)7-5-4-6-8-13/h2-11,14H2,1H3,(H,15,16). The van der Waals surface area contributed by atoms with E-state index in [2.05, 4.69) is 12.2 Å². The Hall–Kier alpha value is -0.570. The Morgan fingerprint density at radius 3 is 2.56 bits per heavy atom. The number of unbranched alkanes of at least 4 members (excludes halogenated alkanes) is 1. The van der Waals surface area contributed by atoms with Gasteiger partial charge in [0.1, 0.15) is 0 Å². The van der Waals surface area contributed by atoms with Crippen molar-refractivity contribution in [2.24, 2.45) is 11.1 Å². The highest BCUT2D eigenvalue weighted by molar-refractivity contribution is 5.76. The van der Waals surface area contributed by atoms with Gasteiger partial charge in [-0.05, 0) is 31.2 Å². The number of rotatable bonds is 6. The smallest absolute Gasteiger partial charge is 0.220 e. The molecule has 0 radical (unpaired) electrons. The van der Waals surface area contributed by atoms with Gasteiger partial charge in [-0.15, -0.1) is 0 Å². The molecule has 0 atom stereocenters. The maximum Gasteiger partial charge on any atom is 0.220 e. The number of carbonyl (C=O) groups is 1. The summed E-state index contributed by atoms with van der Waals surface area (Å²) in [6, 6.07) is 0. The maximum atomic E-state index is 11.8. The lowest BCUT2D eigenvalue weighted by Gasteiger charge is -2.35. The van der Waals surface area contributed by atoms with Crippen LogP contribution in [0.15, 0.2) is 0 Å². The molecule has 0 spiro atoms. The van der Waals surface area contributed by atoms with Crippen LogP contribution in [0.3, 0.4) is 0 Å². The normalized spacial score (nSPS) is 19.4. The number of nitrogens with two attached hydrogens (primary N) is 1. The maximum absolute atomic E-state index is 11.8. The van der Waals surface area contributed by atoms with Crippen molar-refractivity contribution in [3.05, 3.63) is 0 Å². The van der Waals surface area contributed by atoms with E-state index >= 15 is 0 Å². The van der Waals surface area contributed by atoms with Crippen LogP contribution in [0, 0.1) is 5.41 Å². The molecule has 1 amide bonds. The van der Waals surface area contributed by atoms with Gasteiger partial charge >= 0.3 is 0 Å². The van der Waals surface area contributed by atoms with Crippen LogP contribution in [0.4, 0.5) is 0 Å². The van der Waals surface area contributed by atoms with Crippen molar-refractivity contribution in [2.45, 2.75) is 58.3 Å². The van der Waals surface area contributed by atoms with Crippen LogP contribution >= 0.6 is 0 Å². The Balaban J connectivity index is 2.33. The second-order valence-electron chi connectivity index (χ2n) is 5.15. The number of carbonyl (C=O) groups excluding carboxylic acids is 1. The van der Waals surface area contributed by atoms with Crippen LogP contribution in [0.2, 0.25) is 0 Å². The highest BCUT2D eigenvalue weighted by Gasteiger charge is 2.32. The molecule has 0 aromatic carbocycles. The summed E-state index contributed by atoms with van der Waals surface area (Å²) in [5, 5.41) is 3.00. The molecule has 1 fully saturated rings. The molecular weight excluding hydrogens is 200 g/mol. The number of nitrogens with one attached hydrogen (secondary N) is 1. The Bertz CT molecular complexity index is 210. The first kappa shape index (κ1) is 13.5. The molecule has 0 aromatic rings. The summed E-state index contributed by atoms with van der Waals surface area (Å²) in [6.45, 7) is 3.61. The fourth-order valence-corrected chi connectivity index (χ4v) is 2.56. The van der Waals surface area contributed by atoms with Crippen molar-refractivity contribution in [3.8, 4) is 0 Å². The molecule has 1 aliphatic rings. The van der Waals surface area contributed by atoms with Crippen LogP contribution < -0.4 is 11.1 Å². The molecule has 3 nitrogen and oxygen atoms in total. The molecule has 3 heteroatoms. The molecule has 16 heavy (non-hydrogen) atoms. The average molecular weight is 226 g/mol. The zero-order valence-corrected chi connectivity index (χ0v) is 10.6. The molecule has 0 aliphatic heterocycles. The first-order valence-electron chi connectivity index (χ1n) is 6.69. The van der Waals surface area contributed by atoms with Crippen LogP contribution in [0.1, 0.15) is 58.3 Å². The third kappa shape index (κ3) is 4.12. The second-order valence-corrected chi connectivity index (χ2v) is 5.15. The topological polar surface area (TPSA) is 55.1 Å². The lowest BCUT2D eigenvalue weighted by Crippen LogP contribution is -2.38. The fraction of sp³-hybridized carbons (Fsp3) is 0.923. The molecule has 0 unspecified atom stereocenters. The van der Waals surface area contributed by atoms with Crippen molar-refractivity contribution in [2.75, 3.05) is 13.1 Å². The van der Waals surface area contributed by atoms with Crippen LogP contribution in [-0.4, -0.2) is 19.0 Å². The van der Waals surface area contributed by atoms with Gasteiger partial charge < -0.3 is 11.1 Å². The molecule has 1 saturated carbocycles. The lowest BCUT2D eigenvalue weighted by atomic mass is 9.71. The van der Waals surface area contributed by atoms with Crippen LogP contribution in [-0.2, 0) is 4.79 Å². The molecule has 0 saturated heterocycles. The molecule has 3 N–H and O–H groups in total. The van der Waals surface area contributed by atoms with Crippen molar-refractivity contribution >= 4 is 5.91 Å². The van der Waals surface area contributed by atoms with Crippen molar-refractivity contribution < 1.29 is 4.79 Å². The first-order valence-corrected chi connectivity index (χ1v) is 6.69. The summed E-state index contributed by atoms with van der Waals surface area (Å²) in [7, 11) is 0.